The molecule has 8 rings (SSSR count). The maximum absolute atomic E-state index is 12.5. The van der Waals surface area contributed by atoms with E-state index >= 15 is 0 Å². The first-order valence-corrected chi connectivity index (χ1v) is 16.0. The van der Waals surface area contributed by atoms with Crippen molar-refractivity contribution in [2.24, 2.45) is 14.1 Å². The molecule has 5 heteroatoms. The van der Waals surface area contributed by atoms with Crippen molar-refractivity contribution in [1.29, 1.82) is 0 Å². The van der Waals surface area contributed by atoms with Crippen LogP contribution < -0.4 is 5.69 Å². The van der Waals surface area contributed by atoms with E-state index in [-0.39, 0.29) is 5.69 Å². The van der Waals surface area contributed by atoms with Crippen LogP contribution in [0.15, 0.2) is 163 Å². The Hall–Kier alpha value is -6.33. The third-order valence-corrected chi connectivity index (χ3v) is 8.99. The Kier molecular flexibility index (Phi) is 7.35. The van der Waals surface area contributed by atoms with Gasteiger partial charge in [-0.05, 0) is 69.8 Å². The Morgan fingerprint density at radius 2 is 0.812 bits per heavy atom. The second-order valence-electron chi connectivity index (χ2n) is 12.0. The second kappa shape index (κ2) is 12.1. The number of rotatable bonds is 6. The minimum atomic E-state index is -0.0310. The van der Waals surface area contributed by atoms with Crippen LogP contribution in [0.3, 0.4) is 0 Å². The van der Waals surface area contributed by atoms with Crippen molar-refractivity contribution in [3.8, 4) is 67.3 Å². The van der Waals surface area contributed by atoms with E-state index in [0.717, 1.165) is 72.5 Å². The molecule has 0 saturated heterocycles. The number of hydrogen-bond acceptors (Lipinski definition) is 3. The van der Waals surface area contributed by atoms with Crippen LogP contribution in [-0.4, -0.2) is 19.1 Å². The molecular formula is C43H32N4O. The lowest BCUT2D eigenvalue weighted by atomic mass is 9.94. The third kappa shape index (κ3) is 5.41. The zero-order valence-electron chi connectivity index (χ0n) is 26.7. The van der Waals surface area contributed by atoms with Gasteiger partial charge in [0.1, 0.15) is 0 Å². The number of benzene rings is 6. The molecule has 0 unspecified atom stereocenters. The maximum atomic E-state index is 12.5. The molecule has 0 amide bonds. The smallest absolute Gasteiger partial charge is 0.295 e. The molecule has 0 spiro atoms. The van der Waals surface area contributed by atoms with Gasteiger partial charge in [0.2, 0.25) is 0 Å². The first-order chi connectivity index (χ1) is 23.5. The SMILES string of the molecule is Cn1c(=O)n(C)c2cc(-c3ccc(-c4cc(-c5cc(-c6ccccc6)cc(-c6ccccc6)c5)nc(-c5ccccc5)n4)cc3)ccc21. The molecule has 0 aliphatic heterocycles. The standard InChI is InChI=1S/C43H32N4O/c1-46-40-23-22-34(27-41(40)47(2)43(46)48)31-18-20-32(21-19-31)38-28-39(45-42(44-38)33-16-10-5-11-17-33)37-25-35(29-12-6-3-7-13-29)24-36(26-37)30-14-8-4-9-15-30/h3-28H,1-2H3. The summed E-state index contributed by atoms with van der Waals surface area (Å²) < 4.78 is 3.37. The molecule has 0 N–H and O–H groups in total. The number of fused-ring (bicyclic) bond motifs is 1. The van der Waals surface area contributed by atoms with E-state index in [2.05, 4.69) is 121 Å². The molecule has 0 aliphatic carbocycles. The molecule has 0 radical (unpaired) electrons. The van der Waals surface area contributed by atoms with Crippen molar-refractivity contribution < 1.29 is 0 Å². The van der Waals surface area contributed by atoms with Crippen LogP contribution in [0.4, 0.5) is 0 Å². The maximum Gasteiger partial charge on any atom is 0.328 e. The molecule has 0 aliphatic rings. The average molecular weight is 621 g/mol. The van der Waals surface area contributed by atoms with E-state index in [9.17, 15) is 4.79 Å². The van der Waals surface area contributed by atoms with E-state index in [1.165, 1.54) is 0 Å². The summed E-state index contributed by atoms with van der Waals surface area (Å²) in [7, 11) is 3.62. The summed E-state index contributed by atoms with van der Waals surface area (Å²) in [5.74, 6) is 0.675. The van der Waals surface area contributed by atoms with Crippen molar-refractivity contribution in [3.63, 3.8) is 0 Å². The summed E-state index contributed by atoms with van der Waals surface area (Å²) in [5, 5.41) is 0. The van der Waals surface area contributed by atoms with Gasteiger partial charge in [0.05, 0.1) is 22.4 Å². The Balaban J connectivity index is 1.25. The molecule has 48 heavy (non-hydrogen) atoms. The molecule has 0 saturated carbocycles. The molecular weight excluding hydrogens is 589 g/mol. The zero-order chi connectivity index (χ0) is 32.6. The molecule has 230 valence electrons. The fourth-order valence-corrected chi connectivity index (χ4v) is 6.35. The molecule has 6 aromatic carbocycles. The first-order valence-electron chi connectivity index (χ1n) is 16.0. The van der Waals surface area contributed by atoms with Gasteiger partial charge in [-0.25, -0.2) is 14.8 Å². The van der Waals surface area contributed by atoms with Crippen molar-refractivity contribution in [2.75, 3.05) is 0 Å². The van der Waals surface area contributed by atoms with Crippen LogP contribution in [-0.2, 0) is 14.1 Å². The van der Waals surface area contributed by atoms with Crippen LogP contribution in [0, 0.1) is 0 Å². The molecule has 0 fully saturated rings. The number of nitrogens with zero attached hydrogens (tertiary/aromatic N) is 4. The van der Waals surface area contributed by atoms with E-state index in [1.54, 1.807) is 16.2 Å². The van der Waals surface area contributed by atoms with Gasteiger partial charge in [-0.3, -0.25) is 9.13 Å². The Labute approximate surface area is 279 Å². The van der Waals surface area contributed by atoms with E-state index < -0.39 is 0 Å². The van der Waals surface area contributed by atoms with Crippen LogP contribution in [0.2, 0.25) is 0 Å². The van der Waals surface area contributed by atoms with Gasteiger partial charge in [-0.2, -0.15) is 0 Å². The minimum absolute atomic E-state index is 0.0310. The summed E-state index contributed by atoms with van der Waals surface area (Å²) >= 11 is 0. The monoisotopic (exact) mass is 620 g/mol. The number of hydrogen-bond donors (Lipinski definition) is 0. The lowest BCUT2D eigenvalue weighted by Gasteiger charge is -2.13. The van der Waals surface area contributed by atoms with Crippen LogP contribution in [0.1, 0.15) is 0 Å². The van der Waals surface area contributed by atoms with Crippen molar-refractivity contribution >= 4 is 11.0 Å². The summed E-state index contributed by atoms with van der Waals surface area (Å²) in [4.78, 5) is 22.7. The summed E-state index contributed by atoms with van der Waals surface area (Å²) in [6.07, 6.45) is 0. The fraction of sp³-hybridized carbons (Fsp3) is 0.0465. The number of imidazole rings is 1. The minimum Gasteiger partial charge on any atom is -0.295 e. The second-order valence-corrected chi connectivity index (χ2v) is 12.0. The predicted molar refractivity (Wildman–Crippen MR) is 196 cm³/mol. The normalized spacial score (nSPS) is 11.2. The Bertz CT molecular complexity index is 2400. The topological polar surface area (TPSA) is 52.7 Å². The average Bonchev–Trinajstić information content (AvgIpc) is 3.38. The van der Waals surface area contributed by atoms with Crippen molar-refractivity contribution in [1.82, 2.24) is 19.1 Å². The summed E-state index contributed by atoms with van der Waals surface area (Å²) in [5.41, 5.74) is 13.1. The van der Waals surface area contributed by atoms with E-state index in [1.807, 2.05) is 43.4 Å². The molecule has 0 bridgehead atoms. The van der Waals surface area contributed by atoms with Gasteiger partial charge in [0.25, 0.3) is 0 Å². The quantitative estimate of drug-likeness (QED) is 0.186. The highest BCUT2D eigenvalue weighted by Gasteiger charge is 2.14. The molecule has 2 aromatic heterocycles. The first kappa shape index (κ1) is 29.1. The van der Waals surface area contributed by atoms with Crippen LogP contribution in [0.25, 0.3) is 78.3 Å². The molecule has 0 atom stereocenters. The highest BCUT2D eigenvalue weighted by molar-refractivity contribution is 5.84. The zero-order valence-corrected chi connectivity index (χ0v) is 26.7. The lowest BCUT2D eigenvalue weighted by Crippen LogP contribution is -2.19. The van der Waals surface area contributed by atoms with E-state index in [0.29, 0.717) is 5.82 Å². The predicted octanol–water partition coefficient (Wildman–Crippen LogP) is 9.67. The molecule has 2 heterocycles. The summed E-state index contributed by atoms with van der Waals surface area (Å²) in [6, 6.07) is 54.5. The van der Waals surface area contributed by atoms with Gasteiger partial charge < -0.3 is 0 Å². The Morgan fingerprint density at radius 3 is 1.40 bits per heavy atom. The van der Waals surface area contributed by atoms with Gasteiger partial charge in [-0.1, -0.05) is 121 Å². The van der Waals surface area contributed by atoms with Gasteiger partial charge in [-0.15, -0.1) is 0 Å². The lowest BCUT2D eigenvalue weighted by molar-refractivity contribution is 0.795. The molecule has 5 nitrogen and oxygen atoms in total. The molecule has 8 aromatic rings. The van der Waals surface area contributed by atoms with Gasteiger partial charge >= 0.3 is 5.69 Å². The van der Waals surface area contributed by atoms with Gasteiger partial charge in [0.15, 0.2) is 5.82 Å². The fourth-order valence-electron chi connectivity index (χ4n) is 6.35. The van der Waals surface area contributed by atoms with E-state index in [4.69, 9.17) is 9.97 Å². The van der Waals surface area contributed by atoms with Crippen LogP contribution >= 0.6 is 0 Å². The Morgan fingerprint density at radius 1 is 0.375 bits per heavy atom. The number of aryl methyl sites for hydroxylation is 2. The summed E-state index contributed by atoms with van der Waals surface area (Å²) in [6.45, 7) is 0. The highest BCUT2D eigenvalue weighted by Crippen LogP contribution is 2.35. The third-order valence-electron chi connectivity index (χ3n) is 8.99. The number of aromatic nitrogens is 4. The van der Waals surface area contributed by atoms with Gasteiger partial charge in [0, 0.05) is 30.8 Å². The highest BCUT2D eigenvalue weighted by atomic mass is 16.1. The van der Waals surface area contributed by atoms with Crippen molar-refractivity contribution in [3.05, 3.63) is 168 Å². The largest absolute Gasteiger partial charge is 0.328 e. The van der Waals surface area contributed by atoms with Crippen molar-refractivity contribution in [2.45, 2.75) is 0 Å². The van der Waals surface area contributed by atoms with Crippen LogP contribution in [0.5, 0.6) is 0 Å².